The Balaban J connectivity index is 2.18. The van der Waals surface area contributed by atoms with Crippen LogP contribution in [0.5, 0.6) is 0 Å². The largest absolute Gasteiger partial charge is 0.324 e. The SMILES string of the molecule is CP1(=O)CCC(c2ccccc2)C1. The second-order valence-electron chi connectivity index (χ2n) is 4.10. The van der Waals surface area contributed by atoms with Crippen molar-refractivity contribution < 1.29 is 4.57 Å². The van der Waals surface area contributed by atoms with Crippen LogP contribution >= 0.6 is 7.14 Å². The molecule has 0 aromatic heterocycles. The first-order chi connectivity index (χ1) is 6.17. The Morgan fingerprint density at radius 2 is 2.00 bits per heavy atom. The number of hydrogen-bond acceptors (Lipinski definition) is 1. The molecule has 0 saturated carbocycles. The van der Waals surface area contributed by atoms with Crippen LogP contribution in [0.3, 0.4) is 0 Å². The molecule has 1 nitrogen and oxygen atoms in total. The molecule has 13 heavy (non-hydrogen) atoms. The van der Waals surface area contributed by atoms with Gasteiger partial charge < -0.3 is 4.57 Å². The minimum atomic E-state index is -1.76. The van der Waals surface area contributed by atoms with Gasteiger partial charge in [-0.3, -0.25) is 0 Å². The van der Waals surface area contributed by atoms with E-state index in [-0.39, 0.29) is 0 Å². The van der Waals surface area contributed by atoms with Crippen molar-refractivity contribution in [3.8, 4) is 0 Å². The van der Waals surface area contributed by atoms with Crippen molar-refractivity contribution in [3.63, 3.8) is 0 Å². The highest BCUT2D eigenvalue weighted by Gasteiger charge is 2.30. The smallest absolute Gasteiger partial charge is 0.0854 e. The predicted molar refractivity (Wildman–Crippen MR) is 57.1 cm³/mol. The third kappa shape index (κ3) is 2.03. The van der Waals surface area contributed by atoms with Gasteiger partial charge in [0.25, 0.3) is 0 Å². The van der Waals surface area contributed by atoms with Crippen LogP contribution in [0.2, 0.25) is 0 Å². The van der Waals surface area contributed by atoms with Crippen LogP contribution in [0.25, 0.3) is 0 Å². The molecule has 1 aromatic rings. The van der Waals surface area contributed by atoms with Crippen LogP contribution in [0.1, 0.15) is 17.9 Å². The van der Waals surface area contributed by atoms with E-state index in [2.05, 4.69) is 24.3 Å². The molecule has 1 aliphatic rings. The van der Waals surface area contributed by atoms with Gasteiger partial charge in [0.05, 0.1) is 7.14 Å². The monoisotopic (exact) mass is 194 g/mol. The summed E-state index contributed by atoms with van der Waals surface area (Å²) in [5.74, 6) is 0.553. The molecule has 1 saturated heterocycles. The fourth-order valence-corrected chi connectivity index (χ4v) is 4.44. The van der Waals surface area contributed by atoms with Crippen molar-refractivity contribution in [2.75, 3.05) is 19.0 Å². The molecule has 0 N–H and O–H groups in total. The molecule has 1 fully saturated rings. The maximum Gasteiger partial charge on any atom is 0.0854 e. The van der Waals surface area contributed by atoms with Crippen molar-refractivity contribution in [2.24, 2.45) is 0 Å². The number of rotatable bonds is 1. The Hall–Kier alpha value is -0.550. The first-order valence-electron chi connectivity index (χ1n) is 4.78. The molecule has 1 aliphatic heterocycles. The molecule has 0 radical (unpaired) electrons. The normalized spacial score (nSPS) is 33.5. The lowest BCUT2D eigenvalue weighted by Crippen LogP contribution is -1.95. The van der Waals surface area contributed by atoms with Gasteiger partial charge in [-0.15, -0.1) is 0 Å². The summed E-state index contributed by atoms with van der Waals surface area (Å²) in [6, 6.07) is 10.5. The van der Waals surface area contributed by atoms with Gasteiger partial charge in [-0.2, -0.15) is 0 Å². The van der Waals surface area contributed by atoms with Crippen LogP contribution < -0.4 is 0 Å². The first kappa shape index (κ1) is 9.02. The van der Waals surface area contributed by atoms with Gasteiger partial charge >= 0.3 is 0 Å². The van der Waals surface area contributed by atoms with E-state index in [4.69, 9.17) is 0 Å². The third-order valence-electron chi connectivity index (χ3n) is 2.83. The van der Waals surface area contributed by atoms with E-state index in [1.165, 1.54) is 5.56 Å². The minimum Gasteiger partial charge on any atom is -0.324 e. The minimum absolute atomic E-state index is 0.553. The Bertz CT molecular complexity index is 331. The topological polar surface area (TPSA) is 17.1 Å². The fraction of sp³-hybridized carbons (Fsp3) is 0.455. The maximum atomic E-state index is 11.8. The average Bonchev–Trinajstić information content (AvgIpc) is 2.48. The molecule has 0 spiro atoms. The summed E-state index contributed by atoms with van der Waals surface area (Å²) >= 11 is 0. The highest BCUT2D eigenvalue weighted by molar-refractivity contribution is 7.63. The maximum absolute atomic E-state index is 11.8. The molecule has 2 heteroatoms. The first-order valence-corrected chi connectivity index (χ1v) is 7.30. The molecular formula is C11H15OP. The quantitative estimate of drug-likeness (QED) is 0.627. The van der Waals surface area contributed by atoms with Crippen LogP contribution in [0, 0.1) is 0 Å². The Morgan fingerprint density at radius 3 is 2.54 bits per heavy atom. The third-order valence-corrected chi connectivity index (χ3v) is 5.25. The molecular weight excluding hydrogens is 179 g/mol. The molecule has 2 unspecified atom stereocenters. The van der Waals surface area contributed by atoms with Crippen molar-refractivity contribution in [1.82, 2.24) is 0 Å². The molecule has 0 aliphatic carbocycles. The zero-order valence-corrected chi connectivity index (χ0v) is 8.84. The standard InChI is InChI=1S/C11H15OP/c1-13(12)8-7-11(9-13)10-5-3-2-4-6-10/h2-6,11H,7-9H2,1H3. The summed E-state index contributed by atoms with van der Waals surface area (Å²) in [5, 5.41) is 0. The van der Waals surface area contributed by atoms with Gasteiger partial charge in [0.2, 0.25) is 0 Å². The summed E-state index contributed by atoms with van der Waals surface area (Å²) < 4.78 is 11.8. The molecule has 70 valence electrons. The zero-order chi connectivity index (χ0) is 9.31. The van der Waals surface area contributed by atoms with E-state index in [0.717, 1.165) is 18.7 Å². The molecule has 2 rings (SSSR count). The zero-order valence-electron chi connectivity index (χ0n) is 7.94. The molecule has 2 atom stereocenters. The summed E-state index contributed by atoms with van der Waals surface area (Å²) in [6.07, 6.45) is 2.96. The Morgan fingerprint density at radius 1 is 1.31 bits per heavy atom. The lowest BCUT2D eigenvalue weighted by molar-refractivity contribution is 0.582. The van der Waals surface area contributed by atoms with Crippen LogP contribution in [0.15, 0.2) is 30.3 Å². The predicted octanol–water partition coefficient (Wildman–Crippen LogP) is 3.17. The molecule has 0 bridgehead atoms. The highest BCUT2D eigenvalue weighted by Crippen LogP contribution is 2.53. The molecule has 0 amide bonds. The fourth-order valence-electron chi connectivity index (χ4n) is 2.07. The van der Waals surface area contributed by atoms with Gasteiger partial charge in [-0.1, -0.05) is 30.3 Å². The van der Waals surface area contributed by atoms with Crippen molar-refractivity contribution in [2.45, 2.75) is 12.3 Å². The second kappa shape index (κ2) is 3.31. The Kier molecular flexibility index (Phi) is 2.29. The molecule has 1 aromatic carbocycles. The average molecular weight is 194 g/mol. The van der Waals surface area contributed by atoms with E-state index in [9.17, 15) is 4.57 Å². The summed E-state index contributed by atoms with van der Waals surface area (Å²) in [6.45, 7) is 1.94. The van der Waals surface area contributed by atoms with Crippen molar-refractivity contribution in [1.29, 1.82) is 0 Å². The van der Waals surface area contributed by atoms with E-state index in [1.807, 2.05) is 12.7 Å². The highest BCUT2D eigenvalue weighted by atomic mass is 31.2. The van der Waals surface area contributed by atoms with Crippen LogP contribution in [-0.2, 0) is 4.57 Å². The lowest BCUT2D eigenvalue weighted by atomic mass is 9.99. The lowest BCUT2D eigenvalue weighted by Gasteiger charge is -2.08. The summed E-state index contributed by atoms with van der Waals surface area (Å²) in [5.41, 5.74) is 1.36. The van der Waals surface area contributed by atoms with Crippen LogP contribution in [-0.4, -0.2) is 19.0 Å². The van der Waals surface area contributed by atoms with Crippen LogP contribution in [0.4, 0.5) is 0 Å². The van der Waals surface area contributed by atoms with Gasteiger partial charge in [0.15, 0.2) is 0 Å². The number of benzene rings is 1. The molecule has 1 heterocycles. The Labute approximate surface area is 79.5 Å². The van der Waals surface area contributed by atoms with E-state index in [1.54, 1.807) is 0 Å². The second-order valence-corrected chi connectivity index (χ2v) is 7.51. The van der Waals surface area contributed by atoms with E-state index < -0.39 is 7.14 Å². The van der Waals surface area contributed by atoms with Gasteiger partial charge in [-0.05, 0) is 24.6 Å². The van der Waals surface area contributed by atoms with Gasteiger partial charge in [0, 0.05) is 12.3 Å². The van der Waals surface area contributed by atoms with Gasteiger partial charge in [0.1, 0.15) is 0 Å². The van der Waals surface area contributed by atoms with E-state index >= 15 is 0 Å². The summed E-state index contributed by atoms with van der Waals surface area (Å²) in [7, 11) is -1.76. The van der Waals surface area contributed by atoms with Gasteiger partial charge in [-0.25, -0.2) is 0 Å². The van der Waals surface area contributed by atoms with Crippen molar-refractivity contribution >= 4 is 7.14 Å². The van der Waals surface area contributed by atoms with Crippen molar-refractivity contribution in [3.05, 3.63) is 35.9 Å². The van der Waals surface area contributed by atoms with E-state index in [0.29, 0.717) is 5.92 Å². The number of hydrogen-bond donors (Lipinski definition) is 0. The summed E-state index contributed by atoms with van der Waals surface area (Å²) in [4.78, 5) is 0.